The molecule has 0 bridgehead atoms. The maximum absolute atomic E-state index is 12.0. The van der Waals surface area contributed by atoms with Crippen LogP contribution in [0.25, 0.3) is 0 Å². The molecule has 1 N–H and O–H groups in total. The SMILES string of the molecule is CCOS(=O)(=O)CCc1ccc(C(CC)(CC)c2ccc(CCC(O)C(C)(C)C)c(C)c2)cc1C. The van der Waals surface area contributed by atoms with Gasteiger partial charge in [0.15, 0.2) is 0 Å². The summed E-state index contributed by atoms with van der Waals surface area (Å²) < 4.78 is 28.8. The molecular formula is C30H46O4S. The van der Waals surface area contributed by atoms with Gasteiger partial charge < -0.3 is 5.11 Å². The van der Waals surface area contributed by atoms with Crippen LogP contribution in [-0.4, -0.2) is 32.0 Å². The maximum atomic E-state index is 12.0. The summed E-state index contributed by atoms with van der Waals surface area (Å²) in [7, 11) is -3.48. The highest BCUT2D eigenvalue weighted by molar-refractivity contribution is 7.86. The second kappa shape index (κ2) is 12.0. The van der Waals surface area contributed by atoms with Crippen LogP contribution in [0.1, 0.15) is 94.2 Å². The topological polar surface area (TPSA) is 63.6 Å². The van der Waals surface area contributed by atoms with E-state index in [1.807, 2.05) is 0 Å². The molecule has 0 saturated carbocycles. The first-order chi connectivity index (χ1) is 16.3. The molecule has 0 fully saturated rings. The summed E-state index contributed by atoms with van der Waals surface area (Å²) in [5.74, 6) is -0.00169. The molecule has 5 heteroatoms. The third kappa shape index (κ3) is 7.41. The zero-order chi connectivity index (χ0) is 26.4. The van der Waals surface area contributed by atoms with Gasteiger partial charge in [-0.1, -0.05) is 71.0 Å². The van der Waals surface area contributed by atoms with Gasteiger partial charge in [-0.2, -0.15) is 8.42 Å². The average Bonchev–Trinajstić information content (AvgIpc) is 2.78. The van der Waals surface area contributed by atoms with Gasteiger partial charge in [0, 0.05) is 5.41 Å². The van der Waals surface area contributed by atoms with E-state index in [1.54, 1.807) is 6.92 Å². The van der Waals surface area contributed by atoms with Crippen LogP contribution in [0.3, 0.4) is 0 Å². The van der Waals surface area contributed by atoms with Crippen LogP contribution in [0.15, 0.2) is 36.4 Å². The molecule has 0 saturated heterocycles. The van der Waals surface area contributed by atoms with E-state index in [2.05, 4.69) is 84.9 Å². The number of benzene rings is 2. The Labute approximate surface area is 214 Å². The van der Waals surface area contributed by atoms with Crippen LogP contribution in [0, 0.1) is 19.3 Å². The molecule has 2 rings (SSSR count). The van der Waals surface area contributed by atoms with Crippen molar-refractivity contribution in [3.05, 3.63) is 69.8 Å². The van der Waals surface area contributed by atoms with Gasteiger partial charge in [-0.15, -0.1) is 0 Å². The smallest absolute Gasteiger partial charge is 0.267 e. The molecule has 196 valence electrons. The monoisotopic (exact) mass is 502 g/mol. The highest BCUT2D eigenvalue weighted by Gasteiger charge is 2.31. The molecule has 1 atom stereocenters. The Morgan fingerprint density at radius 2 is 1.34 bits per heavy atom. The molecule has 0 amide bonds. The summed E-state index contributed by atoms with van der Waals surface area (Å²) in [6.45, 7) is 16.8. The number of rotatable bonds is 12. The Balaban J connectivity index is 2.31. The average molecular weight is 503 g/mol. The Morgan fingerprint density at radius 3 is 1.74 bits per heavy atom. The van der Waals surface area contributed by atoms with Gasteiger partial charge in [-0.05, 0) is 91.7 Å². The van der Waals surface area contributed by atoms with Gasteiger partial charge in [0.2, 0.25) is 0 Å². The first-order valence-electron chi connectivity index (χ1n) is 13.0. The lowest BCUT2D eigenvalue weighted by Gasteiger charge is -2.34. The van der Waals surface area contributed by atoms with Crippen molar-refractivity contribution in [2.45, 2.75) is 99.0 Å². The molecule has 0 aliphatic heterocycles. The van der Waals surface area contributed by atoms with Crippen molar-refractivity contribution in [2.75, 3.05) is 12.4 Å². The number of aryl methyl sites for hydroxylation is 4. The van der Waals surface area contributed by atoms with Crippen LogP contribution in [-0.2, 0) is 32.6 Å². The Morgan fingerprint density at radius 1 is 0.857 bits per heavy atom. The lowest BCUT2D eigenvalue weighted by molar-refractivity contribution is 0.0560. The third-order valence-corrected chi connectivity index (χ3v) is 8.90. The highest BCUT2D eigenvalue weighted by Crippen LogP contribution is 2.40. The third-order valence-electron chi connectivity index (χ3n) is 7.60. The van der Waals surface area contributed by atoms with Crippen molar-refractivity contribution in [1.29, 1.82) is 0 Å². The molecule has 0 heterocycles. The van der Waals surface area contributed by atoms with E-state index in [9.17, 15) is 13.5 Å². The van der Waals surface area contributed by atoms with E-state index >= 15 is 0 Å². The normalized spacial score (nSPS) is 13.7. The molecular weight excluding hydrogens is 456 g/mol. The summed E-state index contributed by atoms with van der Waals surface area (Å²) >= 11 is 0. The van der Waals surface area contributed by atoms with Crippen molar-refractivity contribution in [2.24, 2.45) is 5.41 Å². The van der Waals surface area contributed by atoms with E-state index in [1.165, 1.54) is 22.3 Å². The van der Waals surface area contributed by atoms with Gasteiger partial charge in [-0.25, -0.2) is 0 Å². The Kier molecular flexibility index (Phi) is 10.2. The molecule has 0 spiro atoms. The quantitative estimate of drug-likeness (QED) is 0.330. The summed E-state index contributed by atoms with van der Waals surface area (Å²) in [6, 6.07) is 13.3. The molecule has 0 aliphatic carbocycles. The summed E-state index contributed by atoms with van der Waals surface area (Å²) in [6.07, 6.45) is 3.71. The number of aliphatic hydroxyl groups excluding tert-OH is 1. The molecule has 0 aromatic heterocycles. The van der Waals surface area contributed by atoms with E-state index in [-0.39, 0.29) is 29.3 Å². The van der Waals surface area contributed by atoms with Gasteiger partial charge in [-0.3, -0.25) is 4.18 Å². The van der Waals surface area contributed by atoms with E-state index in [0.29, 0.717) is 6.42 Å². The lowest BCUT2D eigenvalue weighted by Crippen LogP contribution is -2.27. The van der Waals surface area contributed by atoms with Crippen molar-refractivity contribution >= 4 is 10.1 Å². The summed E-state index contributed by atoms with van der Waals surface area (Å²) in [5, 5.41) is 10.5. The molecule has 2 aromatic rings. The van der Waals surface area contributed by atoms with Crippen LogP contribution >= 0.6 is 0 Å². The van der Waals surface area contributed by atoms with E-state index in [0.717, 1.165) is 36.8 Å². The van der Waals surface area contributed by atoms with Gasteiger partial charge in [0.1, 0.15) is 0 Å². The largest absolute Gasteiger partial charge is 0.393 e. The van der Waals surface area contributed by atoms with Crippen LogP contribution in [0.2, 0.25) is 0 Å². The van der Waals surface area contributed by atoms with Gasteiger partial charge in [0.05, 0.1) is 18.5 Å². The number of hydrogen-bond acceptors (Lipinski definition) is 4. The van der Waals surface area contributed by atoms with Gasteiger partial charge >= 0.3 is 0 Å². The van der Waals surface area contributed by atoms with Crippen molar-refractivity contribution in [3.8, 4) is 0 Å². The van der Waals surface area contributed by atoms with Crippen LogP contribution < -0.4 is 0 Å². The standard InChI is InChI=1S/C30H46O4S/c1-9-30(10-2,26-15-12-24(22(4)20-26)14-17-28(31)29(6,7)8)27-16-13-25(23(5)21-27)18-19-35(32,33)34-11-3/h12-13,15-16,20-21,28,31H,9-11,14,17-19H2,1-8H3. The predicted molar refractivity (Wildman–Crippen MR) is 147 cm³/mol. The fraction of sp³-hybridized carbons (Fsp3) is 0.600. The van der Waals surface area contributed by atoms with Crippen molar-refractivity contribution in [3.63, 3.8) is 0 Å². The van der Waals surface area contributed by atoms with Crippen LogP contribution in [0.4, 0.5) is 0 Å². The second-order valence-corrected chi connectivity index (χ2v) is 12.7. The zero-order valence-corrected chi connectivity index (χ0v) is 23.9. The zero-order valence-electron chi connectivity index (χ0n) is 23.1. The fourth-order valence-corrected chi connectivity index (χ4v) is 5.93. The van der Waals surface area contributed by atoms with Crippen LogP contribution in [0.5, 0.6) is 0 Å². The molecule has 2 aromatic carbocycles. The summed E-state index contributed by atoms with van der Waals surface area (Å²) in [4.78, 5) is 0. The van der Waals surface area contributed by atoms with E-state index < -0.39 is 10.1 Å². The minimum absolute atomic E-state index is 0.00169. The minimum Gasteiger partial charge on any atom is -0.393 e. The Hall–Kier alpha value is -1.69. The maximum Gasteiger partial charge on any atom is 0.267 e. The molecule has 35 heavy (non-hydrogen) atoms. The molecule has 1 unspecified atom stereocenters. The highest BCUT2D eigenvalue weighted by atomic mass is 32.2. The summed E-state index contributed by atoms with van der Waals surface area (Å²) in [5.41, 5.74) is 7.09. The molecule has 0 radical (unpaired) electrons. The fourth-order valence-electron chi connectivity index (χ4n) is 4.98. The number of hydrogen-bond donors (Lipinski definition) is 1. The van der Waals surface area contributed by atoms with E-state index in [4.69, 9.17) is 4.18 Å². The molecule has 4 nitrogen and oxygen atoms in total. The minimum atomic E-state index is -3.48. The van der Waals surface area contributed by atoms with Gasteiger partial charge in [0.25, 0.3) is 10.1 Å². The number of aliphatic hydroxyl groups is 1. The van der Waals surface area contributed by atoms with Crippen molar-refractivity contribution < 1.29 is 17.7 Å². The first-order valence-corrected chi connectivity index (χ1v) is 14.6. The predicted octanol–water partition coefficient (Wildman–Crippen LogP) is 6.66. The second-order valence-electron chi connectivity index (χ2n) is 10.9. The lowest BCUT2D eigenvalue weighted by atomic mass is 9.69. The Bertz CT molecular complexity index is 1080. The first kappa shape index (κ1) is 29.5. The molecule has 0 aliphatic rings. The van der Waals surface area contributed by atoms with Crippen molar-refractivity contribution in [1.82, 2.24) is 0 Å².